The summed E-state index contributed by atoms with van der Waals surface area (Å²) in [5, 5.41) is 8.65. The molecule has 3 nitrogen and oxygen atoms in total. The zero-order valence-corrected chi connectivity index (χ0v) is 7.87. The van der Waals surface area contributed by atoms with E-state index in [1.807, 2.05) is 0 Å². The zero-order chi connectivity index (χ0) is 8.97. The molecule has 12 heavy (non-hydrogen) atoms. The lowest BCUT2D eigenvalue weighted by molar-refractivity contribution is 0.243. The SMILES string of the molecule is CN(CC(N)CCO)CC1CC1. The highest BCUT2D eigenvalue weighted by Crippen LogP contribution is 2.29. The van der Waals surface area contributed by atoms with Gasteiger partial charge in [0.2, 0.25) is 0 Å². The Morgan fingerprint density at radius 1 is 1.58 bits per heavy atom. The predicted molar refractivity (Wildman–Crippen MR) is 49.9 cm³/mol. The second kappa shape index (κ2) is 4.80. The Hall–Kier alpha value is -0.120. The molecule has 1 atom stereocenters. The summed E-state index contributed by atoms with van der Waals surface area (Å²) in [6, 6.07) is 0.138. The van der Waals surface area contributed by atoms with E-state index < -0.39 is 0 Å². The van der Waals surface area contributed by atoms with E-state index in [4.69, 9.17) is 10.8 Å². The van der Waals surface area contributed by atoms with Crippen molar-refractivity contribution in [2.45, 2.75) is 25.3 Å². The molecule has 0 aliphatic heterocycles. The third-order valence-electron chi connectivity index (χ3n) is 2.31. The summed E-state index contributed by atoms with van der Waals surface area (Å²) in [4.78, 5) is 2.28. The van der Waals surface area contributed by atoms with Gasteiger partial charge in [0.25, 0.3) is 0 Å². The van der Waals surface area contributed by atoms with Gasteiger partial charge in [0.1, 0.15) is 0 Å². The van der Waals surface area contributed by atoms with Gasteiger partial charge < -0.3 is 15.7 Å². The number of aliphatic hydroxyl groups is 1. The van der Waals surface area contributed by atoms with E-state index in [0.29, 0.717) is 0 Å². The number of nitrogens with two attached hydrogens (primary N) is 1. The van der Waals surface area contributed by atoms with E-state index in [-0.39, 0.29) is 12.6 Å². The summed E-state index contributed by atoms with van der Waals surface area (Å²) in [7, 11) is 2.11. The maximum absolute atomic E-state index is 8.65. The Kier molecular flexibility index (Phi) is 3.98. The first-order valence-corrected chi connectivity index (χ1v) is 4.77. The van der Waals surface area contributed by atoms with Crippen LogP contribution >= 0.6 is 0 Å². The minimum atomic E-state index is 0.138. The van der Waals surface area contributed by atoms with E-state index in [1.165, 1.54) is 19.4 Å². The molecule has 0 heterocycles. The molecule has 3 heteroatoms. The third-order valence-corrected chi connectivity index (χ3v) is 2.31. The molecular formula is C9H20N2O. The van der Waals surface area contributed by atoms with Crippen molar-refractivity contribution in [3.63, 3.8) is 0 Å². The Morgan fingerprint density at radius 3 is 2.75 bits per heavy atom. The van der Waals surface area contributed by atoms with Crippen LogP contribution in [0.4, 0.5) is 0 Å². The smallest absolute Gasteiger partial charge is 0.0446 e. The molecule has 0 bridgehead atoms. The molecule has 1 fully saturated rings. The quantitative estimate of drug-likeness (QED) is 0.594. The molecule has 0 aromatic rings. The lowest BCUT2D eigenvalue weighted by Gasteiger charge is -2.20. The normalized spacial score (nSPS) is 20.0. The van der Waals surface area contributed by atoms with Gasteiger partial charge in [0.15, 0.2) is 0 Å². The van der Waals surface area contributed by atoms with Crippen LogP contribution in [0.3, 0.4) is 0 Å². The Bertz CT molecular complexity index is 126. The largest absolute Gasteiger partial charge is 0.396 e. The van der Waals surface area contributed by atoms with Crippen LogP contribution in [-0.2, 0) is 0 Å². The van der Waals surface area contributed by atoms with E-state index in [9.17, 15) is 0 Å². The maximum Gasteiger partial charge on any atom is 0.0446 e. The van der Waals surface area contributed by atoms with Crippen LogP contribution in [0.2, 0.25) is 0 Å². The van der Waals surface area contributed by atoms with Crippen LogP contribution in [0, 0.1) is 5.92 Å². The molecule has 1 aliphatic carbocycles. The maximum atomic E-state index is 8.65. The van der Waals surface area contributed by atoms with Gasteiger partial charge in [-0.15, -0.1) is 0 Å². The summed E-state index contributed by atoms with van der Waals surface area (Å²) in [5.74, 6) is 0.927. The van der Waals surface area contributed by atoms with Crippen molar-refractivity contribution in [2.75, 3.05) is 26.7 Å². The molecule has 0 spiro atoms. The van der Waals surface area contributed by atoms with Crippen LogP contribution in [0.15, 0.2) is 0 Å². The fourth-order valence-electron chi connectivity index (χ4n) is 1.47. The van der Waals surface area contributed by atoms with Crippen molar-refractivity contribution in [3.05, 3.63) is 0 Å². The fraction of sp³-hybridized carbons (Fsp3) is 1.00. The lowest BCUT2D eigenvalue weighted by atomic mass is 10.2. The summed E-state index contributed by atoms with van der Waals surface area (Å²) < 4.78 is 0. The van der Waals surface area contributed by atoms with Gasteiger partial charge in [-0.25, -0.2) is 0 Å². The monoisotopic (exact) mass is 172 g/mol. The standard InChI is InChI=1S/C9H20N2O/c1-11(6-8-2-3-8)7-9(10)4-5-12/h8-9,12H,2-7,10H2,1H3. The Labute approximate surface area is 74.5 Å². The molecule has 1 rings (SSSR count). The summed E-state index contributed by atoms with van der Waals surface area (Å²) in [5.41, 5.74) is 5.78. The van der Waals surface area contributed by atoms with Crippen molar-refractivity contribution in [2.24, 2.45) is 11.7 Å². The molecule has 1 saturated carbocycles. The average molecular weight is 172 g/mol. The molecule has 72 valence electrons. The minimum absolute atomic E-state index is 0.138. The molecule has 0 amide bonds. The number of hydrogen-bond acceptors (Lipinski definition) is 3. The highest BCUT2D eigenvalue weighted by Gasteiger charge is 2.23. The fourth-order valence-corrected chi connectivity index (χ4v) is 1.47. The van der Waals surface area contributed by atoms with E-state index >= 15 is 0 Å². The van der Waals surface area contributed by atoms with Gasteiger partial charge in [-0.3, -0.25) is 0 Å². The van der Waals surface area contributed by atoms with Gasteiger partial charge >= 0.3 is 0 Å². The third kappa shape index (κ3) is 4.04. The van der Waals surface area contributed by atoms with Gasteiger partial charge in [-0.1, -0.05) is 0 Å². The average Bonchev–Trinajstić information content (AvgIpc) is 2.71. The van der Waals surface area contributed by atoms with Crippen molar-refractivity contribution in [1.29, 1.82) is 0 Å². The van der Waals surface area contributed by atoms with Crippen LogP contribution < -0.4 is 5.73 Å². The summed E-state index contributed by atoms with van der Waals surface area (Å²) in [6.07, 6.45) is 3.49. The zero-order valence-electron chi connectivity index (χ0n) is 7.87. The second-order valence-electron chi connectivity index (χ2n) is 3.94. The number of hydrogen-bond donors (Lipinski definition) is 2. The van der Waals surface area contributed by atoms with Crippen LogP contribution in [0.1, 0.15) is 19.3 Å². The summed E-state index contributed by atoms with van der Waals surface area (Å²) in [6.45, 7) is 2.30. The van der Waals surface area contributed by atoms with Gasteiger partial charge in [-0.2, -0.15) is 0 Å². The van der Waals surface area contributed by atoms with Gasteiger partial charge in [0.05, 0.1) is 0 Å². The van der Waals surface area contributed by atoms with Crippen molar-refractivity contribution in [1.82, 2.24) is 4.90 Å². The van der Waals surface area contributed by atoms with E-state index in [1.54, 1.807) is 0 Å². The minimum Gasteiger partial charge on any atom is -0.396 e. The van der Waals surface area contributed by atoms with Crippen LogP contribution in [-0.4, -0.2) is 42.8 Å². The Balaban J connectivity index is 2.02. The predicted octanol–water partition coefficient (Wildman–Crippen LogP) is 0.0379. The molecular weight excluding hydrogens is 152 g/mol. The highest BCUT2D eigenvalue weighted by atomic mass is 16.3. The molecule has 0 saturated heterocycles. The highest BCUT2D eigenvalue weighted by molar-refractivity contribution is 4.77. The van der Waals surface area contributed by atoms with Gasteiger partial charge in [0, 0.05) is 25.7 Å². The van der Waals surface area contributed by atoms with Crippen molar-refractivity contribution < 1.29 is 5.11 Å². The van der Waals surface area contributed by atoms with E-state index in [0.717, 1.165) is 18.9 Å². The molecule has 0 aromatic carbocycles. The number of rotatable bonds is 6. The lowest BCUT2D eigenvalue weighted by Crippen LogP contribution is -2.36. The van der Waals surface area contributed by atoms with E-state index in [2.05, 4.69) is 11.9 Å². The molecule has 3 N–H and O–H groups in total. The first-order valence-electron chi connectivity index (χ1n) is 4.77. The number of likely N-dealkylation sites (N-methyl/N-ethyl adjacent to an activating group) is 1. The first kappa shape index (κ1) is 9.96. The number of nitrogens with zero attached hydrogens (tertiary/aromatic N) is 1. The molecule has 1 unspecified atom stereocenters. The Morgan fingerprint density at radius 2 is 2.25 bits per heavy atom. The first-order chi connectivity index (χ1) is 5.72. The van der Waals surface area contributed by atoms with Crippen LogP contribution in [0.5, 0.6) is 0 Å². The molecule has 0 radical (unpaired) electrons. The summed E-state index contributed by atoms with van der Waals surface area (Å²) >= 11 is 0. The second-order valence-corrected chi connectivity index (χ2v) is 3.94. The van der Waals surface area contributed by atoms with Gasteiger partial charge in [-0.05, 0) is 32.2 Å². The topological polar surface area (TPSA) is 49.5 Å². The van der Waals surface area contributed by atoms with Crippen molar-refractivity contribution in [3.8, 4) is 0 Å². The van der Waals surface area contributed by atoms with Crippen molar-refractivity contribution >= 4 is 0 Å². The van der Waals surface area contributed by atoms with Crippen LogP contribution in [0.25, 0.3) is 0 Å². The molecule has 1 aliphatic rings. The number of aliphatic hydroxyl groups excluding tert-OH is 1. The molecule has 0 aromatic heterocycles.